The summed E-state index contributed by atoms with van der Waals surface area (Å²) in [4.78, 5) is 16.4. The van der Waals surface area contributed by atoms with E-state index in [1.54, 1.807) is 0 Å². The molecule has 2 N–H and O–H groups in total. The lowest BCUT2D eigenvalue weighted by atomic mass is 9.96. The number of aryl methyl sites for hydroxylation is 1. The first-order valence-corrected chi connectivity index (χ1v) is 9.35. The van der Waals surface area contributed by atoms with Crippen molar-refractivity contribution in [3.63, 3.8) is 0 Å². The van der Waals surface area contributed by atoms with E-state index in [0.717, 1.165) is 36.9 Å². The maximum atomic E-state index is 5.93. The molecular weight excluding hydrogens is 300 g/mol. The molecule has 134 valence electrons. The molecular formula is C18H32N6. The van der Waals surface area contributed by atoms with Crippen molar-refractivity contribution in [2.75, 3.05) is 63.5 Å². The molecule has 1 aromatic heterocycles. The fourth-order valence-electron chi connectivity index (χ4n) is 4.08. The highest BCUT2D eigenvalue weighted by atomic mass is 15.3. The van der Waals surface area contributed by atoms with Crippen molar-refractivity contribution in [1.29, 1.82) is 0 Å². The van der Waals surface area contributed by atoms with E-state index >= 15 is 0 Å². The third-order valence-electron chi connectivity index (χ3n) is 5.49. The number of aromatic nitrogens is 2. The van der Waals surface area contributed by atoms with E-state index in [1.807, 2.05) is 6.92 Å². The molecule has 0 saturated carbocycles. The monoisotopic (exact) mass is 332 g/mol. The Morgan fingerprint density at radius 3 is 2.58 bits per heavy atom. The van der Waals surface area contributed by atoms with Gasteiger partial charge in [0.2, 0.25) is 5.95 Å². The normalized spacial score (nSPS) is 23.6. The van der Waals surface area contributed by atoms with E-state index in [9.17, 15) is 0 Å². The molecule has 2 aliphatic rings. The van der Waals surface area contributed by atoms with Crippen LogP contribution in [0.1, 0.15) is 31.0 Å². The van der Waals surface area contributed by atoms with Crippen LogP contribution in [-0.4, -0.2) is 72.6 Å². The van der Waals surface area contributed by atoms with Gasteiger partial charge in [0.1, 0.15) is 5.82 Å². The van der Waals surface area contributed by atoms with Gasteiger partial charge in [-0.15, -0.1) is 0 Å². The molecule has 0 aliphatic carbocycles. The minimum atomic E-state index is 0.404. The van der Waals surface area contributed by atoms with Gasteiger partial charge in [-0.05, 0) is 39.2 Å². The Morgan fingerprint density at radius 1 is 1.12 bits per heavy atom. The van der Waals surface area contributed by atoms with Crippen molar-refractivity contribution < 1.29 is 0 Å². The second-order valence-electron chi connectivity index (χ2n) is 7.38. The zero-order valence-electron chi connectivity index (χ0n) is 15.5. The lowest BCUT2D eigenvalue weighted by Gasteiger charge is -2.39. The van der Waals surface area contributed by atoms with Crippen molar-refractivity contribution in [3.05, 3.63) is 11.3 Å². The van der Waals surface area contributed by atoms with Gasteiger partial charge in [-0.25, -0.2) is 4.98 Å². The predicted octanol–water partition coefficient (Wildman–Crippen LogP) is 1.39. The van der Waals surface area contributed by atoms with Crippen LogP contribution < -0.4 is 10.6 Å². The lowest BCUT2D eigenvalue weighted by Crippen LogP contribution is -2.48. The van der Waals surface area contributed by atoms with Crippen LogP contribution in [0.4, 0.5) is 11.8 Å². The molecule has 6 nitrogen and oxygen atoms in total. The summed E-state index contributed by atoms with van der Waals surface area (Å²) in [5, 5.41) is 0. The zero-order chi connectivity index (χ0) is 17.1. The van der Waals surface area contributed by atoms with Crippen LogP contribution in [0.3, 0.4) is 0 Å². The number of nitrogens with zero attached hydrogens (tertiary/aromatic N) is 5. The number of rotatable bonds is 4. The molecule has 2 aliphatic heterocycles. The molecule has 0 aromatic carbocycles. The lowest BCUT2D eigenvalue weighted by molar-refractivity contribution is 0.131. The van der Waals surface area contributed by atoms with Crippen molar-refractivity contribution in [3.8, 4) is 0 Å². The van der Waals surface area contributed by atoms with Crippen LogP contribution in [0, 0.1) is 12.8 Å². The van der Waals surface area contributed by atoms with Gasteiger partial charge in [-0.1, -0.05) is 6.92 Å². The molecule has 0 spiro atoms. The third kappa shape index (κ3) is 3.98. The van der Waals surface area contributed by atoms with Gasteiger partial charge in [0.15, 0.2) is 0 Å². The van der Waals surface area contributed by atoms with Crippen LogP contribution >= 0.6 is 0 Å². The van der Waals surface area contributed by atoms with E-state index < -0.39 is 0 Å². The molecule has 2 saturated heterocycles. The van der Waals surface area contributed by atoms with E-state index in [2.05, 4.69) is 38.6 Å². The Balaban J connectivity index is 1.67. The highest BCUT2D eigenvalue weighted by Crippen LogP contribution is 2.27. The molecule has 0 radical (unpaired) electrons. The summed E-state index contributed by atoms with van der Waals surface area (Å²) in [5.41, 5.74) is 8.21. The van der Waals surface area contributed by atoms with Gasteiger partial charge in [0.25, 0.3) is 0 Å². The Labute approximate surface area is 146 Å². The Morgan fingerprint density at radius 2 is 1.88 bits per heavy atom. The Hall–Kier alpha value is -1.40. The van der Waals surface area contributed by atoms with Gasteiger partial charge in [-0.3, -0.25) is 0 Å². The standard InChI is InChI=1S/C18H32N6/c1-4-16-14(2)20-18(19)21-17(16)24-7-5-6-15(13-24)12-23-10-8-22(3)9-11-23/h15H,4-13H2,1-3H3,(H2,19,20,21). The molecule has 1 aromatic rings. The van der Waals surface area contributed by atoms with E-state index in [1.165, 1.54) is 51.1 Å². The first kappa shape index (κ1) is 17.4. The molecule has 0 bridgehead atoms. The Kier molecular flexibility index (Phi) is 5.56. The molecule has 3 heterocycles. The highest BCUT2D eigenvalue weighted by Gasteiger charge is 2.26. The minimum absolute atomic E-state index is 0.404. The van der Waals surface area contributed by atoms with E-state index in [0.29, 0.717) is 5.95 Å². The number of piperazine rings is 1. The largest absolute Gasteiger partial charge is 0.368 e. The number of piperidine rings is 1. The molecule has 6 heteroatoms. The molecule has 0 amide bonds. The summed E-state index contributed by atoms with van der Waals surface area (Å²) in [6.07, 6.45) is 3.52. The first-order valence-electron chi connectivity index (χ1n) is 9.35. The summed E-state index contributed by atoms with van der Waals surface area (Å²) < 4.78 is 0. The van der Waals surface area contributed by atoms with Gasteiger partial charge in [-0.2, -0.15) is 4.98 Å². The molecule has 2 fully saturated rings. The van der Waals surface area contributed by atoms with Crippen LogP contribution in [0.2, 0.25) is 0 Å². The van der Waals surface area contributed by atoms with E-state index in [4.69, 9.17) is 5.73 Å². The summed E-state index contributed by atoms with van der Waals surface area (Å²) >= 11 is 0. The smallest absolute Gasteiger partial charge is 0.222 e. The first-order chi connectivity index (χ1) is 11.6. The highest BCUT2D eigenvalue weighted by molar-refractivity contribution is 5.52. The van der Waals surface area contributed by atoms with Gasteiger partial charge in [0, 0.05) is 57.1 Å². The average Bonchev–Trinajstić information content (AvgIpc) is 2.57. The fraction of sp³-hybridized carbons (Fsp3) is 0.778. The van der Waals surface area contributed by atoms with Crippen molar-refractivity contribution in [1.82, 2.24) is 19.8 Å². The average molecular weight is 332 g/mol. The minimum Gasteiger partial charge on any atom is -0.368 e. The van der Waals surface area contributed by atoms with Crippen molar-refractivity contribution in [2.45, 2.75) is 33.1 Å². The molecule has 3 rings (SSSR count). The topological polar surface area (TPSA) is 61.5 Å². The fourth-order valence-corrected chi connectivity index (χ4v) is 4.08. The SMILES string of the molecule is CCc1c(C)nc(N)nc1N1CCCC(CN2CCN(C)CC2)C1. The number of anilines is 2. The number of nitrogens with two attached hydrogens (primary N) is 1. The number of hydrogen-bond donors (Lipinski definition) is 1. The number of likely N-dealkylation sites (N-methyl/N-ethyl adjacent to an activating group) is 1. The second kappa shape index (κ2) is 7.66. The van der Waals surface area contributed by atoms with Crippen LogP contribution in [-0.2, 0) is 6.42 Å². The van der Waals surface area contributed by atoms with Gasteiger partial charge in [0.05, 0.1) is 0 Å². The summed E-state index contributed by atoms with van der Waals surface area (Å²) in [6.45, 7) is 12.4. The number of nitrogen functional groups attached to an aromatic ring is 1. The maximum Gasteiger partial charge on any atom is 0.222 e. The summed E-state index contributed by atoms with van der Waals surface area (Å²) in [5.74, 6) is 2.20. The van der Waals surface area contributed by atoms with Crippen LogP contribution in [0.25, 0.3) is 0 Å². The predicted molar refractivity (Wildman–Crippen MR) is 99.4 cm³/mol. The summed E-state index contributed by atoms with van der Waals surface area (Å²) in [6, 6.07) is 0. The van der Waals surface area contributed by atoms with Crippen LogP contribution in [0.5, 0.6) is 0 Å². The van der Waals surface area contributed by atoms with Crippen LogP contribution in [0.15, 0.2) is 0 Å². The third-order valence-corrected chi connectivity index (χ3v) is 5.49. The van der Waals surface area contributed by atoms with Gasteiger partial charge >= 0.3 is 0 Å². The number of hydrogen-bond acceptors (Lipinski definition) is 6. The van der Waals surface area contributed by atoms with Crippen molar-refractivity contribution in [2.24, 2.45) is 5.92 Å². The molecule has 1 unspecified atom stereocenters. The molecule has 1 atom stereocenters. The quantitative estimate of drug-likeness (QED) is 0.899. The molecule has 24 heavy (non-hydrogen) atoms. The van der Waals surface area contributed by atoms with Gasteiger partial charge < -0.3 is 20.4 Å². The van der Waals surface area contributed by atoms with E-state index in [-0.39, 0.29) is 0 Å². The second-order valence-corrected chi connectivity index (χ2v) is 7.38. The van der Waals surface area contributed by atoms with Crippen molar-refractivity contribution >= 4 is 11.8 Å². The summed E-state index contributed by atoms with van der Waals surface area (Å²) in [7, 11) is 2.22. The zero-order valence-corrected chi connectivity index (χ0v) is 15.5. The Bertz CT molecular complexity index is 553. The maximum absolute atomic E-state index is 5.93.